The van der Waals surface area contributed by atoms with Gasteiger partial charge in [0.1, 0.15) is 18.2 Å². The fourth-order valence-electron chi connectivity index (χ4n) is 7.00. The first-order chi connectivity index (χ1) is 23.3. The molecule has 0 unspecified atom stereocenters. The van der Waals surface area contributed by atoms with Crippen LogP contribution < -0.4 is 10.6 Å². The quantitative estimate of drug-likeness (QED) is 0.225. The number of H-pyrrole nitrogens is 1. The number of nitrogens with one attached hydrogen (secondary N) is 3. The first kappa shape index (κ1) is 35.3. The molecule has 1 aromatic carbocycles. The first-order valence-corrected chi connectivity index (χ1v) is 17.4. The van der Waals surface area contributed by atoms with E-state index in [0.717, 1.165) is 37.7 Å². The van der Waals surface area contributed by atoms with Crippen molar-refractivity contribution in [2.75, 3.05) is 39.4 Å². The molecule has 3 aliphatic rings. The van der Waals surface area contributed by atoms with Gasteiger partial charge in [-0.15, -0.1) is 0 Å². The van der Waals surface area contributed by atoms with Gasteiger partial charge >= 0.3 is 6.09 Å². The van der Waals surface area contributed by atoms with E-state index in [-0.39, 0.29) is 25.3 Å². The van der Waals surface area contributed by atoms with Crippen LogP contribution in [0.15, 0.2) is 42.9 Å². The molecule has 5 rings (SSSR count). The zero-order valence-corrected chi connectivity index (χ0v) is 27.9. The number of hydrogen-bond donors (Lipinski definition) is 4. The summed E-state index contributed by atoms with van der Waals surface area (Å²) >= 11 is 0. The molecule has 2 aliphatic heterocycles. The van der Waals surface area contributed by atoms with Crippen LogP contribution in [0, 0.1) is 11.8 Å². The molecule has 1 aliphatic carbocycles. The molecule has 1 aromatic heterocycles. The zero-order valence-electron chi connectivity index (χ0n) is 27.9. The number of likely N-dealkylation sites (N-methyl/N-ethyl adjacent to an activating group) is 1. The highest BCUT2D eigenvalue weighted by Gasteiger charge is 2.41. The molecule has 5 atom stereocenters. The van der Waals surface area contributed by atoms with Gasteiger partial charge in [-0.2, -0.15) is 0 Å². The molecule has 13 nitrogen and oxygen atoms in total. The SMILES string of the molecule is CCN1C[C@@H]([C@H](O)[C@H](CC2CCCCC2)NC(=O)[C@H](Cc2cnc[nH]2)NC(=O)[C@@H](CC(=O)N2CCOCC2)Cc2ccccc2)OC1=O. The summed E-state index contributed by atoms with van der Waals surface area (Å²) in [4.78, 5) is 64.2. The zero-order chi connectivity index (χ0) is 33.9. The van der Waals surface area contributed by atoms with E-state index in [9.17, 15) is 24.3 Å². The lowest BCUT2D eigenvalue weighted by atomic mass is 9.83. The third-order valence-corrected chi connectivity index (χ3v) is 9.82. The summed E-state index contributed by atoms with van der Waals surface area (Å²) in [5.41, 5.74) is 1.55. The number of aliphatic hydroxyl groups is 1. The molecule has 0 radical (unpaired) electrons. The van der Waals surface area contributed by atoms with Crippen LogP contribution in [-0.2, 0) is 36.7 Å². The number of imidazole rings is 1. The molecular weight excluding hydrogens is 616 g/mol. The van der Waals surface area contributed by atoms with Crippen LogP contribution in [0.25, 0.3) is 0 Å². The lowest BCUT2D eigenvalue weighted by Crippen LogP contribution is -2.57. The predicted octanol–water partition coefficient (Wildman–Crippen LogP) is 2.20. The Morgan fingerprint density at radius 1 is 1.04 bits per heavy atom. The standard InChI is InChI=1S/C35H50N6O7/c1-2-40-22-30(48-35(40)46)32(43)28(18-25-11-7-4-8-12-25)38-34(45)29(20-27-21-36-23-37-27)39-33(44)26(17-24-9-5-3-6-10-24)19-31(42)41-13-15-47-16-14-41/h3,5-6,9-10,21,23,25-26,28-30,32,43H,2,4,7-8,11-20,22H2,1H3,(H,36,37)(H,38,45)(H,39,44)/t26-,28+,29+,30+,32-/m1/s1. The number of hydrogen-bond acceptors (Lipinski definition) is 8. The van der Waals surface area contributed by atoms with Gasteiger partial charge in [0, 0.05) is 44.4 Å². The Morgan fingerprint density at radius 2 is 1.79 bits per heavy atom. The molecule has 13 heteroatoms. The number of aromatic amines is 1. The number of carbonyl (C=O) groups is 4. The number of amides is 4. The first-order valence-electron chi connectivity index (χ1n) is 17.4. The van der Waals surface area contributed by atoms with E-state index in [1.807, 2.05) is 37.3 Å². The van der Waals surface area contributed by atoms with E-state index in [4.69, 9.17) is 9.47 Å². The average molecular weight is 667 g/mol. The summed E-state index contributed by atoms with van der Waals surface area (Å²) in [5.74, 6) is -1.42. The number of aliphatic hydroxyl groups excluding tert-OH is 1. The molecular formula is C35H50N6O7. The molecule has 1 saturated carbocycles. The minimum absolute atomic E-state index is 0.0108. The Hall–Kier alpha value is -3.97. The normalized spacial score (nSPS) is 21.2. The number of ether oxygens (including phenoxy) is 2. The number of rotatable bonds is 15. The molecule has 2 saturated heterocycles. The minimum atomic E-state index is -1.13. The second-order valence-electron chi connectivity index (χ2n) is 13.2. The van der Waals surface area contributed by atoms with E-state index >= 15 is 0 Å². The van der Waals surface area contributed by atoms with Crippen molar-refractivity contribution in [3.63, 3.8) is 0 Å². The fraction of sp³-hybridized carbons (Fsp3) is 0.629. The molecule has 48 heavy (non-hydrogen) atoms. The van der Waals surface area contributed by atoms with Gasteiger partial charge in [0.2, 0.25) is 17.7 Å². The summed E-state index contributed by atoms with van der Waals surface area (Å²) in [6.07, 6.45) is 7.03. The van der Waals surface area contributed by atoms with Gasteiger partial charge in [0.25, 0.3) is 0 Å². The maximum atomic E-state index is 14.1. The smallest absolute Gasteiger partial charge is 0.410 e. The van der Waals surface area contributed by atoms with E-state index < -0.39 is 48.1 Å². The van der Waals surface area contributed by atoms with Gasteiger partial charge < -0.3 is 40.0 Å². The van der Waals surface area contributed by atoms with Gasteiger partial charge in [-0.3, -0.25) is 14.4 Å². The van der Waals surface area contributed by atoms with Crippen molar-refractivity contribution in [3.05, 3.63) is 54.1 Å². The summed E-state index contributed by atoms with van der Waals surface area (Å²) < 4.78 is 10.9. The van der Waals surface area contributed by atoms with Crippen molar-refractivity contribution in [1.29, 1.82) is 0 Å². The summed E-state index contributed by atoms with van der Waals surface area (Å²) in [6, 6.07) is 7.80. The molecule has 3 heterocycles. The second kappa shape index (κ2) is 17.4. The van der Waals surface area contributed by atoms with Crippen LogP contribution in [0.5, 0.6) is 0 Å². The number of benzene rings is 1. The van der Waals surface area contributed by atoms with Crippen LogP contribution in [0.4, 0.5) is 4.79 Å². The highest BCUT2D eigenvalue weighted by Crippen LogP contribution is 2.29. The van der Waals surface area contributed by atoms with E-state index in [0.29, 0.717) is 57.3 Å². The van der Waals surface area contributed by atoms with E-state index in [1.165, 1.54) is 11.2 Å². The molecule has 2 aromatic rings. The molecule has 4 N–H and O–H groups in total. The average Bonchev–Trinajstić information content (AvgIpc) is 3.77. The van der Waals surface area contributed by atoms with Gasteiger partial charge in [-0.1, -0.05) is 62.4 Å². The minimum Gasteiger partial charge on any atom is -0.441 e. The van der Waals surface area contributed by atoms with Crippen molar-refractivity contribution >= 4 is 23.8 Å². The van der Waals surface area contributed by atoms with Crippen LogP contribution in [0.2, 0.25) is 0 Å². The van der Waals surface area contributed by atoms with Crippen molar-refractivity contribution in [3.8, 4) is 0 Å². The van der Waals surface area contributed by atoms with Crippen molar-refractivity contribution in [1.82, 2.24) is 30.4 Å². The third kappa shape index (κ3) is 9.79. The Labute approximate surface area is 282 Å². The summed E-state index contributed by atoms with van der Waals surface area (Å²) in [6.45, 7) is 4.40. The van der Waals surface area contributed by atoms with E-state index in [2.05, 4.69) is 20.6 Å². The van der Waals surface area contributed by atoms with Gasteiger partial charge in [0.05, 0.1) is 38.0 Å². The maximum absolute atomic E-state index is 14.1. The van der Waals surface area contributed by atoms with Crippen LogP contribution in [0.1, 0.15) is 63.1 Å². The maximum Gasteiger partial charge on any atom is 0.410 e. The number of morpholine rings is 1. The van der Waals surface area contributed by atoms with Crippen LogP contribution >= 0.6 is 0 Å². The van der Waals surface area contributed by atoms with Gasteiger partial charge in [0.15, 0.2) is 0 Å². The van der Waals surface area contributed by atoms with Crippen LogP contribution in [-0.4, -0.2) is 112 Å². The number of carbonyl (C=O) groups excluding carboxylic acids is 4. The summed E-state index contributed by atoms with van der Waals surface area (Å²) in [5, 5.41) is 17.5. The topological polar surface area (TPSA) is 166 Å². The lowest BCUT2D eigenvalue weighted by Gasteiger charge is -2.33. The Balaban J connectivity index is 1.34. The van der Waals surface area contributed by atoms with Crippen molar-refractivity contribution in [2.45, 2.75) is 89.0 Å². The highest BCUT2D eigenvalue weighted by molar-refractivity contribution is 5.91. The highest BCUT2D eigenvalue weighted by atomic mass is 16.6. The van der Waals surface area contributed by atoms with Crippen molar-refractivity contribution < 1.29 is 33.8 Å². The summed E-state index contributed by atoms with van der Waals surface area (Å²) in [7, 11) is 0. The number of nitrogens with zero attached hydrogens (tertiary/aromatic N) is 3. The number of aromatic nitrogens is 2. The second-order valence-corrected chi connectivity index (χ2v) is 13.2. The Bertz CT molecular complexity index is 1330. The fourth-order valence-corrected chi connectivity index (χ4v) is 7.00. The van der Waals surface area contributed by atoms with Crippen molar-refractivity contribution in [2.24, 2.45) is 11.8 Å². The molecule has 0 spiro atoms. The molecule has 0 bridgehead atoms. The third-order valence-electron chi connectivity index (χ3n) is 9.82. The lowest BCUT2D eigenvalue weighted by molar-refractivity contribution is -0.140. The van der Waals surface area contributed by atoms with Crippen LogP contribution in [0.3, 0.4) is 0 Å². The monoisotopic (exact) mass is 666 g/mol. The van der Waals surface area contributed by atoms with Gasteiger partial charge in [-0.05, 0) is 31.2 Å². The Kier molecular flexibility index (Phi) is 12.8. The Morgan fingerprint density at radius 3 is 2.46 bits per heavy atom. The largest absolute Gasteiger partial charge is 0.441 e. The van der Waals surface area contributed by atoms with Gasteiger partial charge in [-0.25, -0.2) is 9.78 Å². The molecule has 3 fully saturated rings. The predicted molar refractivity (Wildman–Crippen MR) is 177 cm³/mol. The molecule has 4 amide bonds. The number of cyclic esters (lactones) is 1. The van der Waals surface area contributed by atoms with E-state index in [1.54, 1.807) is 11.1 Å². The molecule has 262 valence electrons.